The van der Waals surface area contributed by atoms with E-state index in [0.717, 1.165) is 4.90 Å². The Morgan fingerprint density at radius 3 is 2.00 bits per heavy atom. The van der Waals surface area contributed by atoms with Crippen LogP contribution in [0.2, 0.25) is 0 Å². The standard InChI is InChI=1S/C13H15N3O7/c17-8(7-15-9(18)1-2-10(15)19)14-6-5-13(22)23-16-11(20)3-4-12(16)21/h1-7H2,(H,14,17). The number of hydrogen-bond donors (Lipinski definition) is 1. The van der Waals surface area contributed by atoms with Crippen molar-refractivity contribution in [1.29, 1.82) is 0 Å². The van der Waals surface area contributed by atoms with Crippen LogP contribution in [0.15, 0.2) is 0 Å². The molecule has 0 spiro atoms. The van der Waals surface area contributed by atoms with Gasteiger partial charge >= 0.3 is 5.97 Å². The summed E-state index contributed by atoms with van der Waals surface area (Å²) in [6, 6.07) is 0. The van der Waals surface area contributed by atoms with Crippen molar-refractivity contribution < 1.29 is 33.6 Å². The zero-order valence-electron chi connectivity index (χ0n) is 12.2. The van der Waals surface area contributed by atoms with Gasteiger partial charge in [-0.2, -0.15) is 0 Å². The molecule has 2 fully saturated rings. The van der Waals surface area contributed by atoms with Crippen LogP contribution in [0.3, 0.4) is 0 Å². The second kappa shape index (κ2) is 6.99. The van der Waals surface area contributed by atoms with E-state index in [1.807, 2.05) is 0 Å². The van der Waals surface area contributed by atoms with E-state index in [4.69, 9.17) is 0 Å². The maximum atomic E-state index is 11.6. The first-order valence-corrected chi connectivity index (χ1v) is 7.05. The molecule has 10 heteroatoms. The van der Waals surface area contributed by atoms with Gasteiger partial charge in [-0.25, -0.2) is 4.79 Å². The SMILES string of the molecule is O=C(CN1C(=O)CCC1=O)NCCC(=O)ON1C(=O)CCC1=O. The van der Waals surface area contributed by atoms with E-state index in [0.29, 0.717) is 5.06 Å². The summed E-state index contributed by atoms with van der Waals surface area (Å²) < 4.78 is 0. The van der Waals surface area contributed by atoms with Crippen molar-refractivity contribution >= 4 is 35.5 Å². The van der Waals surface area contributed by atoms with Crippen molar-refractivity contribution in [1.82, 2.24) is 15.3 Å². The Morgan fingerprint density at radius 1 is 0.913 bits per heavy atom. The molecule has 2 saturated heterocycles. The average molecular weight is 325 g/mol. The molecular weight excluding hydrogens is 310 g/mol. The van der Waals surface area contributed by atoms with Crippen LogP contribution in [0.25, 0.3) is 0 Å². The molecule has 0 aromatic carbocycles. The molecule has 5 amide bonds. The van der Waals surface area contributed by atoms with E-state index in [1.165, 1.54) is 0 Å². The monoisotopic (exact) mass is 325 g/mol. The minimum absolute atomic E-state index is 0.000735. The number of amides is 5. The van der Waals surface area contributed by atoms with E-state index in [1.54, 1.807) is 0 Å². The zero-order valence-corrected chi connectivity index (χ0v) is 12.2. The number of carbonyl (C=O) groups is 6. The molecule has 124 valence electrons. The topological polar surface area (TPSA) is 130 Å². The van der Waals surface area contributed by atoms with Gasteiger partial charge < -0.3 is 10.2 Å². The summed E-state index contributed by atoms with van der Waals surface area (Å²) in [5.74, 6) is -3.42. The number of hydroxylamine groups is 2. The molecule has 0 unspecified atom stereocenters. The van der Waals surface area contributed by atoms with Crippen LogP contribution in [-0.2, 0) is 33.6 Å². The van der Waals surface area contributed by atoms with Crippen LogP contribution in [0, 0.1) is 0 Å². The van der Waals surface area contributed by atoms with Gasteiger partial charge in [0.05, 0.1) is 6.42 Å². The third-order valence-electron chi connectivity index (χ3n) is 3.31. The number of hydrogen-bond acceptors (Lipinski definition) is 7. The molecule has 2 rings (SSSR count). The third kappa shape index (κ3) is 4.11. The Hall–Kier alpha value is -2.78. The van der Waals surface area contributed by atoms with E-state index in [-0.39, 0.29) is 38.6 Å². The molecule has 10 nitrogen and oxygen atoms in total. The van der Waals surface area contributed by atoms with E-state index in [9.17, 15) is 28.8 Å². The first-order chi connectivity index (χ1) is 10.9. The fourth-order valence-electron chi connectivity index (χ4n) is 2.11. The largest absolute Gasteiger partial charge is 0.354 e. The molecule has 0 aromatic heterocycles. The molecule has 0 aromatic rings. The summed E-state index contributed by atoms with van der Waals surface area (Å²) in [6.45, 7) is -0.500. The Kier molecular flexibility index (Phi) is 5.04. The van der Waals surface area contributed by atoms with Gasteiger partial charge in [-0.3, -0.25) is 28.9 Å². The first kappa shape index (κ1) is 16.6. The molecule has 0 saturated carbocycles. The second-order valence-electron chi connectivity index (χ2n) is 5.02. The average Bonchev–Trinajstić information content (AvgIpc) is 2.97. The molecule has 2 heterocycles. The van der Waals surface area contributed by atoms with Gasteiger partial charge in [0.2, 0.25) is 17.7 Å². The highest BCUT2D eigenvalue weighted by molar-refractivity contribution is 6.04. The van der Waals surface area contributed by atoms with Crippen molar-refractivity contribution in [3.05, 3.63) is 0 Å². The lowest BCUT2D eigenvalue weighted by Gasteiger charge is -2.14. The summed E-state index contributed by atoms with van der Waals surface area (Å²) in [5, 5.41) is 2.78. The van der Waals surface area contributed by atoms with Crippen molar-refractivity contribution in [2.45, 2.75) is 32.1 Å². The van der Waals surface area contributed by atoms with E-state index >= 15 is 0 Å². The number of rotatable bonds is 6. The Labute approximate surface area is 130 Å². The minimum Gasteiger partial charge on any atom is -0.354 e. The van der Waals surface area contributed by atoms with Gasteiger partial charge in [-0.05, 0) is 0 Å². The Bertz CT molecular complexity index is 504. The lowest BCUT2D eigenvalue weighted by molar-refractivity contribution is -0.197. The summed E-state index contributed by atoms with van der Waals surface area (Å²) in [5.41, 5.74) is 0. The van der Waals surface area contributed by atoms with Crippen molar-refractivity contribution in [3.8, 4) is 0 Å². The lowest BCUT2D eigenvalue weighted by atomic mass is 10.4. The number of nitrogens with zero attached hydrogens (tertiary/aromatic N) is 2. The predicted molar refractivity (Wildman–Crippen MR) is 70.8 cm³/mol. The molecule has 0 bridgehead atoms. The lowest BCUT2D eigenvalue weighted by Crippen LogP contribution is -2.41. The third-order valence-corrected chi connectivity index (χ3v) is 3.31. The normalized spacial score (nSPS) is 17.9. The molecule has 0 atom stereocenters. The molecule has 0 radical (unpaired) electrons. The predicted octanol–water partition coefficient (Wildman–Crippen LogP) is -1.75. The summed E-state index contributed by atoms with van der Waals surface area (Å²) in [7, 11) is 0. The minimum atomic E-state index is -0.845. The fraction of sp³-hybridized carbons (Fsp3) is 0.538. The first-order valence-electron chi connectivity index (χ1n) is 7.05. The summed E-state index contributed by atoms with van der Waals surface area (Å²) in [6.07, 6.45) is -0.0706. The highest BCUT2D eigenvalue weighted by Gasteiger charge is 2.33. The van der Waals surface area contributed by atoms with Crippen LogP contribution >= 0.6 is 0 Å². The molecule has 1 N–H and O–H groups in total. The van der Waals surface area contributed by atoms with Gasteiger partial charge in [0.1, 0.15) is 6.54 Å². The molecule has 23 heavy (non-hydrogen) atoms. The molecular formula is C13H15N3O7. The number of imide groups is 2. The van der Waals surface area contributed by atoms with Gasteiger partial charge in [0, 0.05) is 32.2 Å². The summed E-state index contributed by atoms with van der Waals surface area (Å²) in [4.78, 5) is 73.7. The maximum absolute atomic E-state index is 11.6. The van der Waals surface area contributed by atoms with Crippen LogP contribution in [0.1, 0.15) is 32.1 Å². The van der Waals surface area contributed by atoms with Gasteiger partial charge in [-0.15, -0.1) is 5.06 Å². The quantitative estimate of drug-likeness (QED) is 0.573. The Balaban J connectivity index is 1.68. The van der Waals surface area contributed by atoms with Gasteiger partial charge in [0.15, 0.2) is 0 Å². The van der Waals surface area contributed by atoms with Crippen molar-refractivity contribution in [2.75, 3.05) is 13.1 Å². The number of carbonyl (C=O) groups excluding carboxylic acids is 6. The van der Waals surface area contributed by atoms with Gasteiger partial charge in [-0.1, -0.05) is 0 Å². The number of nitrogens with one attached hydrogen (secondary N) is 1. The van der Waals surface area contributed by atoms with Crippen LogP contribution in [-0.4, -0.2) is 58.6 Å². The van der Waals surface area contributed by atoms with Crippen molar-refractivity contribution in [3.63, 3.8) is 0 Å². The fourth-order valence-corrected chi connectivity index (χ4v) is 2.11. The van der Waals surface area contributed by atoms with Crippen LogP contribution < -0.4 is 5.32 Å². The molecule has 2 aliphatic rings. The van der Waals surface area contributed by atoms with E-state index < -0.39 is 42.0 Å². The van der Waals surface area contributed by atoms with Crippen molar-refractivity contribution in [2.24, 2.45) is 0 Å². The Morgan fingerprint density at radius 2 is 1.43 bits per heavy atom. The van der Waals surface area contributed by atoms with E-state index in [2.05, 4.69) is 10.2 Å². The zero-order chi connectivity index (χ0) is 17.0. The van der Waals surface area contributed by atoms with Crippen LogP contribution in [0.4, 0.5) is 0 Å². The number of likely N-dealkylation sites (tertiary alicyclic amines) is 1. The second-order valence-corrected chi connectivity index (χ2v) is 5.02. The molecule has 2 aliphatic heterocycles. The summed E-state index contributed by atoms with van der Waals surface area (Å²) >= 11 is 0. The van der Waals surface area contributed by atoms with Gasteiger partial charge in [0.25, 0.3) is 11.8 Å². The van der Waals surface area contributed by atoms with Crippen LogP contribution in [0.5, 0.6) is 0 Å². The molecule has 0 aliphatic carbocycles. The smallest absolute Gasteiger partial charge is 0.334 e. The highest BCUT2D eigenvalue weighted by atomic mass is 16.7. The maximum Gasteiger partial charge on any atom is 0.334 e. The highest BCUT2D eigenvalue weighted by Crippen LogP contribution is 2.12.